The quantitative estimate of drug-likeness (QED) is 0.851. The lowest BCUT2D eigenvalue weighted by Gasteiger charge is -2.05. The van der Waals surface area contributed by atoms with Crippen LogP contribution in [0, 0.1) is 0 Å². The van der Waals surface area contributed by atoms with Gasteiger partial charge in [0.1, 0.15) is 16.7 Å². The van der Waals surface area contributed by atoms with Gasteiger partial charge in [0.05, 0.1) is 5.02 Å². The average molecular weight is 268 g/mol. The molecule has 0 aromatic carbocycles. The van der Waals surface area contributed by atoms with Gasteiger partial charge in [-0.3, -0.25) is 4.79 Å². The molecule has 6 heteroatoms. The van der Waals surface area contributed by atoms with Crippen molar-refractivity contribution in [3.05, 3.63) is 52.4 Å². The lowest BCUT2D eigenvalue weighted by Crippen LogP contribution is -2.15. The summed E-state index contributed by atoms with van der Waals surface area (Å²) >= 11 is 11.6. The number of carbonyl (C=O) groups is 1. The fourth-order valence-corrected chi connectivity index (χ4v) is 1.53. The normalized spacial score (nSPS) is 10.0. The molecule has 17 heavy (non-hydrogen) atoms. The minimum atomic E-state index is -0.448. The molecule has 0 atom stereocenters. The van der Waals surface area contributed by atoms with Crippen LogP contribution in [-0.4, -0.2) is 15.9 Å². The molecule has 1 N–H and O–H groups in total. The monoisotopic (exact) mass is 267 g/mol. The number of carbonyl (C=O) groups excluding carboxylic acids is 1. The summed E-state index contributed by atoms with van der Waals surface area (Å²) in [7, 11) is 0. The highest BCUT2D eigenvalue weighted by molar-refractivity contribution is 6.35. The minimum Gasteiger partial charge on any atom is -0.305 e. The Kier molecular flexibility index (Phi) is 3.56. The van der Waals surface area contributed by atoms with Crippen LogP contribution < -0.4 is 5.32 Å². The van der Waals surface area contributed by atoms with E-state index in [1.165, 1.54) is 12.1 Å². The third-order valence-corrected chi connectivity index (χ3v) is 2.45. The van der Waals surface area contributed by atoms with Crippen LogP contribution in [0.2, 0.25) is 10.2 Å². The van der Waals surface area contributed by atoms with Crippen molar-refractivity contribution in [1.82, 2.24) is 9.97 Å². The smallest absolute Gasteiger partial charge is 0.277 e. The third-order valence-electron chi connectivity index (χ3n) is 1.93. The van der Waals surface area contributed by atoms with Gasteiger partial charge in [0, 0.05) is 6.20 Å². The molecule has 0 bridgehead atoms. The van der Waals surface area contributed by atoms with Gasteiger partial charge < -0.3 is 5.32 Å². The Balaban J connectivity index is 2.23. The van der Waals surface area contributed by atoms with Crippen LogP contribution >= 0.6 is 23.2 Å². The first-order valence-electron chi connectivity index (χ1n) is 4.71. The SMILES string of the molecule is O=C(Nc1ccccn1)c1nc(Cl)ccc1Cl. The Labute approximate surface area is 108 Å². The van der Waals surface area contributed by atoms with Crippen molar-refractivity contribution in [3.63, 3.8) is 0 Å². The zero-order valence-electron chi connectivity index (χ0n) is 8.52. The molecule has 2 heterocycles. The summed E-state index contributed by atoms with van der Waals surface area (Å²) in [5.74, 6) is -0.0217. The number of anilines is 1. The van der Waals surface area contributed by atoms with E-state index < -0.39 is 5.91 Å². The first kappa shape index (κ1) is 11.8. The lowest BCUT2D eigenvalue weighted by molar-refractivity contribution is 0.102. The van der Waals surface area contributed by atoms with E-state index in [1.54, 1.807) is 24.4 Å². The zero-order valence-corrected chi connectivity index (χ0v) is 10.0. The van der Waals surface area contributed by atoms with E-state index >= 15 is 0 Å². The van der Waals surface area contributed by atoms with Gasteiger partial charge in [0.2, 0.25) is 0 Å². The molecule has 0 unspecified atom stereocenters. The molecule has 0 radical (unpaired) electrons. The van der Waals surface area contributed by atoms with Crippen molar-refractivity contribution < 1.29 is 4.79 Å². The summed E-state index contributed by atoms with van der Waals surface area (Å²) in [6.07, 6.45) is 1.57. The molecule has 0 saturated heterocycles. The van der Waals surface area contributed by atoms with Crippen LogP contribution in [0.4, 0.5) is 5.82 Å². The molecule has 0 fully saturated rings. The number of nitrogens with zero attached hydrogens (tertiary/aromatic N) is 2. The fourth-order valence-electron chi connectivity index (χ4n) is 1.19. The number of rotatable bonds is 2. The number of pyridine rings is 2. The second-order valence-corrected chi connectivity index (χ2v) is 3.93. The van der Waals surface area contributed by atoms with E-state index in [-0.39, 0.29) is 15.9 Å². The Hall–Kier alpha value is -1.65. The number of halogens is 2. The predicted octanol–water partition coefficient (Wildman–Crippen LogP) is 3.04. The largest absolute Gasteiger partial charge is 0.305 e. The molecule has 2 aromatic heterocycles. The summed E-state index contributed by atoms with van der Waals surface area (Å²) in [6, 6.07) is 8.21. The summed E-state index contributed by atoms with van der Waals surface area (Å²) in [5.41, 5.74) is 0.0739. The van der Waals surface area contributed by atoms with Crippen molar-refractivity contribution in [2.24, 2.45) is 0 Å². The number of hydrogen-bond acceptors (Lipinski definition) is 3. The average Bonchev–Trinajstić information content (AvgIpc) is 2.33. The van der Waals surface area contributed by atoms with Crippen molar-refractivity contribution >= 4 is 34.9 Å². The van der Waals surface area contributed by atoms with Crippen molar-refractivity contribution in [2.75, 3.05) is 5.32 Å². The van der Waals surface area contributed by atoms with E-state index in [4.69, 9.17) is 23.2 Å². The van der Waals surface area contributed by atoms with Crippen LogP contribution in [-0.2, 0) is 0 Å². The Morgan fingerprint density at radius 1 is 1.18 bits per heavy atom. The van der Waals surface area contributed by atoms with E-state index in [9.17, 15) is 4.79 Å². The molecule has 2 aromatic rings. The summed E-state index contributed by atoms with van der Waals surface area (Å²) < 4.78 is 0. The highest BCUT2D eigenvalue weighted by atomic mass is 35.5. The Bertz CT molecular complexity index is 546. The fraction of sp³-hybridized carbons (Fsp3) is 0. The van der Waals surface area contributed by atoms with Crippen LogP contribution in [0.25, 0.3) is 0 Å². The standard InChI is InChI=1S/C11H7Cl2N3O/c12-7-4-5-8(13)15-10(7)11(17)16-9-3-1-2-6-14-9/h1-6H,(H,14,16,17). The van der Waals surface area contributed by atoms with Crippen molar-refractivity contribution in [1.29, 1.82) is 0 Å². The molecule has 0 aliphatic carbocycles. The van der Waals surface area contributed by atoms with E-state index in [0.29, 0.717) is 5.82 Å². The van der Waals surface area contributed by atoms with Gasteiger partial charge in [-0.15, -0.1) is 0 Å². The molecular formula is C11H7Cl2N3O. The third kappa shape index (κ3) is 2.93. The van der Waals surface area contributed by atoms with E-state index in [1.807, 2.05) is 0 Å². The molecule has 2 rings (SSSR count). The predicted molar refractivity (Wildman–Crippen MR) is 66.4 cm³/mol. The molecule has 0 spiro atoms. The van der Waals surface area contributed by atoms with Gasteiger partial charge in [0.25, 0.3) is 5.91 Å². The maximum absolute atomic E-state index is 11.8. The molecular weight excluding hydrogens is 261 g/mol. The van der Waals surface area contributed by atoms with Gasteiger partial charge in [-0.25, -0.2) is 9.97 Å². The maximum Gasteiger partial charge on any atom is 0.277 e. The van der Waals surface area contributed by atoms with E-state index in [2.05, 4.69) is 15.3 Å². The van der Waals surface area contributed by atoms with Gasteiger partial charge >= 0.3 is 0 Å². The first-order valence-corrected chi connectivity index (χ1v) is 5.47. The Morgan fingerprint density at radius 2 is 2.00 bits per heavy atom. The topological polar surface area (TPSA) is 54.9 Å². The van der Waals surface area contributed by atoms with Crippen LogP contribution in [0.5, 0.6) is 0 Å². The highest BCUT2D eigenvalue weighted by Gasteiger charge is 2.13. The molecule has 4 nitrogen and oxygen atoms in total. The summed E-state index contributed by atoms with van der Waals surface area (Å²) in [6.45, 7) is 0. The second-order valence-electron chi connectivity index (χ2n) is 3.13. The lowest BCUT2D eigenvalue weighted by atomic mass is 10.3. The van der Waals surface area contributed by atoms with Gasteiger partial charge in [-0.05, 0) is 24.3 Å². The number of hydrogen-bond donors (Lipinski definition) is 1. The first-order chi connectivity index (χ1) is 8.16. The van der Waals surface area contributed by atoms with Crippen molar-refractivity contribution in [3.8, 4) is 0 Å². The molecule has 86 valence electrons. The molecule has 0 saturated carbocycles. The van der Waals surface area contributed by atoms with Crippen LogP contribution in [0.1, 0.15) is 10.5 Å². The summed E-state index contributed by atoms with van der Waals surface area (Å²) in [4.78, 5) is 19.7. The Morgan fingerprint density at radius 3 is 2.71 bits per heavy atom. The second kappa shape index (κ2) is 5.12. The number of nitrogens with one attached hydrogen (secondary N) is 1. The van der Waals surface area contributed by atoms with Crippen LogP contribution in [0.15, 0.2) is 36.5 Å². The zero-order chi connectivity index (χ0) is 12.3. The van der Waals surface area contributed by atoms with Crippen molar-refractivity contribution in [2.45, 2.75) is 0 Å². The summed E-state index contributed by atoms with van der Waals surface area (Å²) in [5, 5.41) is 3.02. The molecule has 0 aliphatic rings. The van der Waals surface area contributed by atoms with Gasteiger partial charge in [0.15, 0.2) is 0 Å². The maximum atomic E-state index is 11.8. The number of aromatic nitrogens is 2. The molecule has 1 amide bonds. The molecule has 0 aliphatic heterocycles. The van der Waals surface area contributed by atoms with Crippen LogP contribution in [0.3, 0.4) is 0 Å². The minimum absolute atomic E-state index is 0.0739. The number of amides is 1. The highest BCUT2D eigenvalue weighted by Crippen LogP contribution is 2.17. The van der Waals surface area contributed by atoms with Gasteiger partial charge in [-0.1, -0.05) is 29.3 Å². The van der Waals surface area contributed by atoms with E-state index in [0.717, 1.165) is 0 Å². The van der Waals surface area contributed by atoms with Gasteiger partial charge in [-0.2, -0.15) is 0 Å².